The number of carbonyl (C=O) groups excluding carboxylic acids is 1. The van der Waals surface area contributed by atoms with Crippen LogP contribution in [0.2, 0.25) is 5.02 Å². The van der Waals surface area contributed by atoms with Gasteiger partial charge in [0.2, 0.25) is 0 Å². The van der Waals surface area contributed by atoms with E-state index in [9.17, 15) is 4.79 Å². The Morgan fingerprint density at radius 1 is 1.57 bits per heavy atom. The molecule has 2 heterocycles. The molecule has 2 rings (SSSR count). The maximum Gasteiger partial charge on any atom is 0.270 e. The van der Waals surface area contributed by atoms with E-state index in [-0.39, 0.29) is 11.9 Å². The zero-order chi connectivity index (χ0) is 15.4. The smallest absolute Gasteiger partial charge is 0.270 e. The van der Waals surface area contributed by atoms with E-state index >= 15 is 0 Å². The van der Waals surface area contributed by atoms with Gasteiger partial charge in [0, 0.05) is 25.3 Å². The number of rotatable bonds is 5. The monoisotopic (exact) mass is 311 g/mol. The predicted octanol–water partition coefficient (Wildman–Crippen LogP) is 3.01. The van der Waals surface area contributed by atoms with Crippen molar-refractivity contribution >= 4 is 17.5 Å². The highest BCUT2D eigenvalue weighted by atomic mass is 35.5. The number of nitrogens with one attached hydrogen (secondary N) is 1. The van der Waals surface area contributed by atoms with E-state index < -0.39 is 0 Å². The maximum absolute atomic E-state index is 12.9. The van der Waals surface area contributed by atoms with Crippen LogP contribution in [0.3, 0.4) is 0 Å². The summed E-state index contributed by atoms with van der Waals surface area (Å²) in [7, 11) is 0. The average molecular weight is 312 g/mol. The van der Waals surface area contributed by atoms with E-state index in [0.717, 1.165) is 26.2 Å². The molecule has 1 aromatic heterocycles. The van der Waals surface area contributed by atoms with E-state index in [0.29, 0.717) is 16.6 Å². The van der Waals surface area contributed by atoms with Gasteiger partial charge in [0.15, 0.2) is 0 Å². The Morgan fingerprint density at radius 3 is 2.90 bits per heavy atom. The fraction of sp³-hybridized carbons (Fsp3) is 0.688. The standard InChI is InChI=1S/C16H26ClN3O/c1-4-19-11-14(17)8-15(19)16(21)20(12(2)3)10-13-6-5-7-18-9-13/h8,11-13,18H,4-7,9-10H2,1-3H3. The van der Waals surface area contributed by atoms with Crippen molar-refractivity contribution in [3.8, 4) is 0 Å². The first-order valence-electron chi connectivity index (χ1n) is 7.90. The second-order valence-corrected chi connectivity index (χ2v) is 6.53. The van der Waals surface area contributed by atoms with Crippen molar-refractivity contribution in [2.24, 2.45) is 5.92 Å². The predicted molar refractivity (Wildman–Crippen MR) is 86.9 cm³/mol. The SMILES string of the molecule is CCn1cc(Cl)cc1C(=O)N(CC1CCCNC1)C(C)C. The van der Waals surface area contributed by atoms with Crippen molar-refractivity contribution in [3.63, 3.8) is 0 Å². The van der Waals surface area contributed by atoms with E-state index in [4.69, 9.17) is 11.6 Å². The van der Waals surface area contributed by atoms with Crippen molar-refractivity contribution in [2.75, 3.05) is 19.6 Å². The molecule has 0 bridgehead atoms. The van der Waals surface area contributed by atoms with Crippen molar-refractivity contribution < 1.29 is 4.79 Å². The Hall–Kier alpha value is -1.00. The third kappa shape index (κ3) is 4.01. The number of amides is 1. The lowest BCUT2D eigenvalue weighted by Crippen LogP contribution is -2.44. The second-order valence-electron chi connectivity index (χ2n) is 6.09. The van der Waals surface area contributed by atoms with Crippen LogP contribution in [0.5, 0.6) is 0 Å². The second kappa shape index (κ2) is 7.32. The minimum Gasteiger partial charge on any atom is -0.342 e. The Bertz CT molecular complexity index is 478. The van der Waals surface area contributed by atoms with E-state index in [2.05, 4.69) is 19.2 Å². The molecular formula is C16H26ClN3O. The molecule has 0 radical (unpaired) electrons. The summed E-state index contributed by atoms with van der Waals surface area (Å²) >= 11 is 6.06. The Labute approximate surface area is 132 Å². The molecule has 118 valence electrons. The molecular weight excluding hydrogens is 286 g/mol. The van der Waals surface area contributed by atoms with Gasteiger partial charge in [0.1, 0.15) is 5.69 Å². The highest BCUT2D eigenvalue weighted by Crippen LogP contribution is 2.20. The highest BCUT2D eigenvalue weighted by Gasteiger charge is 2.25. The number of nitrogens with zero attached hydrogens (tertiary/aromatic N) is 2. The molecule has 0 aromatic carbocycles. The Kier molecular flexibility index (Phi) is 5.71. The van der Waals surface area contributed by atoms with Gasteiger partial charge < -0.3 is 14.8 Å². The van der Waals surface area contributed by atoms with Gasteiger partial charge in [-0.2, -0.15) is 0 Å². The average Bonchev–Trinajstić information content (AvgIpc) is 2.86. The Morgan fingerprint density at radius 2 is 2.33 bits per heavy atom. The number of aromatic nitrogens is 1. The van der Waals surface area contributed by atoms with Crippen LogP contribution in [0, 0.1) is 5.92 Å². The zero-order valence-electron chi connectivity index (χ0n) is 13.2. The van der Waals surface area contributed by atoms with E-state index in [1.165, 1.54) is 12.8 Å². The molecule has 1 saturated heterocycles. The van der Waals surface area contributed by atoms with Gasteiger partial charge >= 0.3 is 0 Å². The summed E-state index contributed by atoms with van der Waals surface area (Å²) in [6.45, 7) is 9.86. The van der Waals surface area contributed by atoms with Crippen LogP contribution in [-0.4, -0.2) is 41.1 Å². The van der Waals surface area contributed by atoms with Crippen molar-refractivity contribution in [1.82, 2.24) is 14.8 Å². The number of carbonyl (C=O) groups is 1. The first kappa shape index (κ1) is 16.4. The summed E-state index contributed by atoms with van der Waals surface area (Å²) in [5, 5.41) is 4.05. The van der Waals surface area contributed by atoms with Crippen LogP contribution < -0.4 is 5.32 Å². The quantitative estimate of drug-likeness (QED) is 0.907. The minimum absolute atomic E-state index is 0.0873. The molecule has 1 fully saturated rings. The number of aryl methyl sites for hydroxylation is 1. The summed E-state index contributed by atoms with van der Waals surface area (Å²) in [6.07, 6.45) is 4.22. The molecule has 5 heteroatoms. The molecule has 0 aliphatic carbocycles. The van der Waals surface area contributed by atoms with Gasteiger partial charge in [-0.05, 0) is 58.7 Å². The molecule has 1 N–H and O–H groups in total. The topological polar surface area (TPSA) is 37.3 Å². The van der Waals surface area contributed by atoms with Crippen LogP contribution in [-0.2, 0) is 6.54 Å². The lowest BCUT2D eigenvalue weighted by molar-refractivity contribution is 0.0650. The molecule has 4 nitrogen and oxygen atoms in total. The summed E-state index contributed by atoms with van der Waals surface area (Å²) in [4.78, 5) is 14.9. The van der Waals surface area contributed by atoms with Gasteiger partial charge in [-0.1, -0.05) is 11.6 Å². The number of piperidine rings is 1. The normalized spacial score (nSPS) is 19.0. The minimum atomic E-state index is 0.0873. The molecule has 0 spiro atoms. The number of halogens is 1. The summed E-state index contributed by atoms with van der Waals surface area (Å²) in [5.41, 5.74) is 0.694. The van der Waals surface area contributed by atoms with Crippen LogP contribution >= 0.6 is 11.6 Å². The van der Waals surface area contributed by atoms with E-state index in [1.807, 2.05) is 22.6 Å². The summed E-state index contributed by atoms with van der Waals surface area (Å²) in [5.74, 6) is 0.634. The fourth-order valence-corrected chi connectivity index (χ4v) is 3.17. The lowest BCUT2D eigenvalue weighted by atomic mass is 9.98. The van der Waals surface area contributed by atoms with Crippen LogP contribution in [0.4, 0.5) is 0 Å². The van der Waals surface area contributed by atoms with Crippen molar-refractivity contribution in [1.29, 1.82) is 0 Å². The molecule has 0 saturated carbocycles. The first-order chi connectivity index (χ1) is 10.0. The van der Waals surface area contributed by atoms with Gasteiger partial charge in [-0.15, -0.1) is 0 Å². The molecule has 21 heavy (non-hydrogen) atoms. The molecule has 1 aliphatic rings. The molecule has 1 aliphatic heterocycles. The third-order valence-corrected chi connectivity index (χ3v) is 4.37. The highest BCUT2D eigenvalue weighted by molar-refractivity contribution is 6.31. The van der Waals surface area contributed by atoms with Gasteiger partial charge in [-0.25, -0.2) is 0 Å². The molecule has 1 aromatic rings. The van der Waals surface area contributed by atoms with Gasteiger partial charge in [0.05, 0.1) is 5.02 Å². The largest absolute Gasteiger partial charge is 0.342 e. The molecule has 1 unspecified atom stereocenters. The Balaban J connectivity index is 2.14. The van der Waals surface area contributed by atoms with Crippen LogP contribution in [0.25, 0.3) is 0 Å². The van der Waals surface area contributed by atoms with Crippen molar-refractivity contribution in [3.05, 3.63) is 23.0 Å². The molecule has 1 amide bonds. The van der Waals surface area contributed by atoms with Gasteiger partial charge in [-0.3, -0.25) is 4.79 Å². The van der Waals surface area contributed by atoms with Gasteiger partial charge in [0.25, 0.3) is 5.91 Å². The van der Waals surface area contributed by atoms with Crippen molar-refractivity contribution in [2.45, 2.75) is 46.2 Å². The van der Waals surface area contributed by atoms with Crippen LogP contribution in [0.15, 0.2) is 12.3 Å². The zero-order valence-corrected chi connectivity index (χ0v) is 14.0. The summed E-state index contributed by atoms with van der Waals surface area (Å²) < 4.78 is 1.93. The first-order valence-corrected chi connectivity index (χ1v) is 8.28. The number of hydrogen-bond donors (Lipinski definition) is 1. The lowest BCUT2D eigenvalue weighted by Gasteiger charge is -2.33. The van der Waals surface area contributed by atoms with Crippen LogP contribution in [0.1, 0.15) is 44.1 Å². The fourth-order valence-electron chi connectivity index (χ4n) is 2.95. The molecule has 1 atom stereocenters. The third-order valence-electron chi connectivity index (χ3n) is 4.16. The van der Waals surface area contributed by atoms with E-state index in [1.54, 1.807) is 6.07 Å². The summed E-state index contributed by atoms with van der Waals surface area (Å²) in [6, 6.07) is 1.97. The maximum atomic E-state index is 12.9. The number of hydrogen-bond acceptors (Lipinski definition) is 2.